The molecule has 23 heavy (non-hydrogen) atoms. The van der Waals surface area contributed by atoms with Crippen LogP contribution in [0.2, 0.25) is 0 Å². The lowest BCUT2D eigenvalue weighted by Gasteiger charge is -2.09. The topological polar surface area (TPSA) is 52.0 Å². The minimum atomic E-state index is 0.641. The third-order valence-corrected chi connectivity index (χ3v) is 3.80. The molecule has 0 radical (unpaired) electrons. The molecule has 0 amide bonds. The van der Waals surface area contributed by atoms with Crippen LogP contribution in [0.4, 0.5) is 0 Å². The number of pyridine rings is 1. The summed E-state index contributed by atoms with van der Waals surface area (Å²) in [6.07, 6.45) is 2.86. The van der Waals surface area contributed by atoms with Crippen LogP contribution in [0.3, 0.4) is 0 Å². The molecule has 2 aromatic heterocycles. The second-order valence-corrected chi connectivity index (χ2v) is 5.48. The van der Waals surface area contributed by atoms with Crippen LogP contribution in [0.15, 0.2) is 42.6 Å². The van der Waals surface area contributed by atoms with Crippen LogP contribution in [-0.4, -0.2) is 21.6 Å². The van der Waals surface area contributed by atoms with Gasteiger partial charge >= 0.3 is 0 Å². The summed E-state index contributed by atoms with van der Waals surface area (Å²) in [5.41, 5.74) is 3.41. The summed E-state index contributed by atoms with van der Waals surface area (Å²) in [5, 5.41) is 3.46. The van der Waals surface area contributed by atoms with Gasteiger partial charge in [-0.1, -0.05) is 19.1 Å². The number of rotatable bonds is 7. The first-order valence-corrected chi connectivity index (χ1v) is 7.95. The molecule has 0 unspecified atom stereocenters. The number of ether oxygens (including phenoxy) is 1. The second kappa shape index (κ2) is 7.24. The number of nitrogens with one attached hydrogen (secondary N) is 1. The van der Waals surface area contributed by atoms with E-state index >= 15 is 0 Å². The Morgan fingerprint density at radius 1 is 1.17 bits per heavy atom. The number of benzene rings is 1. The van der Waals surface area contributed by atoms with Crippen molar-refractivity contribution in [3.05, 3.63) is 54.0 Å². The third-order valence-electron chi connectivity index (χ3n) is 3.80. The van der Waals surface area contributed by atoms with Gasteiger partial charge in [0, 0.05) is 25.4 Å². The molecule has 5 heteroatoms. The molecular weight excluding hydrogens is 288 g/mol. The number of methoxy groups -OCH3 is 1. The van der Waals surface area contributed by atoms with Gasteiger partial charge in [0.15, 0.2) is 0 Å². The molecule has 0 aliphatic carbocycles. The average Bonchev–Trinajstić information content (AvgIpc) is 2.93. The van der Waals surface area contributed by atoms with Gasteiger partial charge in [-0.2, -0.15) is 0 Å². The van der Waals surface area contributed by atoms with Crippen LogP contribution in [0.25, 0.3) is 11.0 Å². The molecule has 0 spiro atoms. The van der Waals surface area contributed by atoms with Gasteiger partial charge in [-0.25, -0.2) is 9.97 Å². The first-order valence-electron chi connectivity index (χ1n) is 7.95. The summed E-state index contributed by atoms with van der Waals surface area (Å²) in [6.45, 7) is 4.67. The number of para-hydroxylation sites is 2. The highest BCUT2D eigenvalue weighted by Gasteiger charge is 2.09. The van der Waals surface area contributed by atoms with Gasteiger partial charge in [-0.05, 0) is 30.2 Å². The van der Waals surface area contributed by atoms with E-state index in [2.05, 4.69) is 40.0 Å². The predicted molar refractivity (Wildman–Crippen MR) is 91.4 cm³/mol. The number of hydrogen-bond donors (Lipinski definition) is 1. The number of aryl methyl sites for hydroxylation is 1. The Morgan fingerprint density at radius 2 is 2.04 bits per heavy atom. The maximum Gasteiger partial charge on any atom is 0.213 e. The fourth-order valence-electron chi connectivity index (χ4n) is 2.72. The van der Waals surface area contributed by atoms with E-state index in [0.29, 0.717) is 5.88 Å². The van der Waals surface area contributed by atoms with E-state index < -0.39 is 0 Å². The van der Waals surface area contributed by atoms with Crippen LogP contribution < -0.4 is 10.1 Å². The predicted octanol–water partition coefficient (Wildman–Crippen LogP) is 3.14. The Bertz CT molecular complexity index is 782. The lowest BCUT2D eigenvalue weighted by atomic mass is 10.2. The lowest BCUT2D eigenvalue weighted by Crippen LogP contribution is -2.17. The van der Waals surface area contributed by atoms with Crippen LogP contribution in [0.5, 0.6) is 5.88 Å². The van der Waals surface area contributed by atoms with E-state index in [0.717, 1.165) is 43.0 Å². The Kier molecular flexibility index (Phi) is 4.88. The van der Waals surface area contributed by atoms with Crippen molar-refractivity contribution in [3.63, 3.8) is 0 Å². The lowest BCUT2D eigenvalue weighted by molar-refractivity contribution is 0.397. The summed E-state index contributed by atoms with van der Waals surface area (Å²) < 4.78 is 7.46. The van der Waals surface area contributed by atoms with Crippen LogP contribution in [-0.2, 0) is 19.6 Å². The van der Waals surface area contributed by atoms with Crippen molar-refractivity contribution in [1.82, 2.24) is 19.9 Å². The molecule has 1 N–H and O–H groups in total. The SMILES string of the molecule is CCCn1c(CNCc2ccnc(OC)c2)nc2ccccc21. The fourth-order valence-corrected chi connectivity index (χ4v) is 2.72. The molecule has 0 saturated heterocycles. The minimum Gasteiger partial charge on any atom is -0.481 e. The molecule has 0 saturated carbocycles. The van der Waals surface area contributed by atoms with Gasteiger partial charge in [0.05, 0.1) is 24.7 Å². The van der Waals surface area contributed by atoms with Crippen LogP contribution >= 0.6 is 0 Å². The number of fused-ring (bicyclic) bond motifs is 1. The number of aromatic nitrogens is 3. The molecule has 2 heterocycles. The summed E-state index contributed by atoms with van der Waals surface area (Å²) in [6, 6.07) is 12.2. The molecule has 1 aromatic carbocycles. The molecule has 120 valence electrons. The van der Waals surface area contributed by atoms with Crippen molar-refractivity contribution in [2.75, 3.05) is 7.11 Å². The smallest absolute Gasteiger partial charge is 0.213 e. The maximum atomic E-state index is 5.16. The molecule has 0 aliphatic rings. The summed E-state index contributed by atoms with van der Waals surface area (Å²) in [5.74, 6) is 1.72. The zero-order valence-electron chi connectivity index (χ0n) is 13.6. The monoisotopic (exact) mass is 310 g/mol. The average molecular weight is 310 g/mol. The van der Waals surface area contributed by atoms with E-state index in [1.165, 1.54) is 5.52 Å². The van der Waals surface area contributed by atoms with E-state index in [1.54, 1.807) is 13.3 Å². The van der Waals surface area contributed by atoms with E-state index in [4.69, 9.17) is 9.72 Å². The molecule has 0 fully saturated rings. The molecule has 0 aliphatic heterocycles. The first-order chi connectivity index (χ1) is 11.3. The zero-order chi connectivity index (χ0) is 16.1. The van der Waals surface area contributed by atoms with E-state index in [1.807, 2.05) is 18.2 Å². The maximum absolute atomic E-state index is 5.16. The van der Waals surface area contributed by atoms with Crippen molar-refractivity contribution in [3.8, 4) is 5.88 Å². The fraction of sp³-hybridized carbons (Fsp3) is 0.333. The van der Waals surface area contributed by atoms with E-state index in [9.17, 15) is 0 Å². The quantitative estimate of drug-likeness (QED) is 0.728. The zero-order valence-corrected chi connectivity index (χ0v) is 13.6. The Hall–Kier alpha value is -2.40. The van der Waals surface area contributed by atoms with Crippen LogP contribution in [0, 0.1) is 0 Å². The molecule has 3 aromatic rings. The Morgan fingerprint density at radius 3 is 2.87 bits per heavy atom. The van der Waals surface area contributed by atoms with Crippen molar-refractivity contribution in [2.45, 2.75) is 33.0 Å². The van der Waals surface area contributed by atoms with Crippen molar-refractivity contribution in [1.29, 1.82) is 0 Å². The minimum absolute atomic E-state index is 0.641. The standard InChI is InChI=1S/C18H22N4O/c1-3-10-22-16-7-5-4-6-15(16)21-17(22)13-19-12-14-8-9-20-18(11-14)23-2/h4-9,11,19H,3,10,12-13H2,1-2H3. The van der Waals surface area contributed by atoms with Gasteiger partial charge in [-0.3, -0.25) is 0 Å². The Labute approximate surface area is 136 Å². The highest BCUT2D eigenvalue weighted by Crippen LogP contribution is 2.16. The van der Waals surface area contributed by atoms with Gasteiger partial charge in [0.25, 0.3) is 0 Å². The number of imidazole rings is 1. The molecular formula is C18H22N4O. The van der Waals surface area contributed by atoms with Crippen LogP contribution in [0.1, 0.15) is 24.7 Å². The van der Waals surface area contributed by atoms with Crippen molar-refractivity contribution in [2.24, 2.45) is 0 Å². The second-order valence-electron chi connectivity index (χ2n) is 5.48. The molecule has 0 atom stereocenters. The van der Waals surface area contributed by atoms with Crippen molar-refractivity contribution < 1.29 is 4.74 Å². The molecule has 5 nitrogen and oxygen atoms in total. The summed E-state index contributed by atoms with van der Waals surface area (Å²) in [4.78, 5) is 8.88. The van der Waals surface area contributed by atoms with Gasteiger partial charge in [0.1, 0.15) is 5.82 Å². The number of nitrogens with zero attached hydrogens (tertiary/aromatic N) is 3. The summed E-state index contributed by atoms with van der Waals surface area (Å²) >= 11 is 0. The van der Waals surface area contributed by atoms with Gasteiger partial charge in [-0.15, -0.1) is 0 Å². The van der Waals surface area contributed by atoms with E-state index in [-0.39, 0.29) is 0 Å². The normalized spacial score (nSPS) is 11.0. The van der Waals surface area contributed by atoms with Crippen molar-refractivity contribution >= 4 is 11.0 Å². The first kappa shape index (κ1) is 15.5. The Balaban J connectivity index is 1.72. The molecule has 3 rings (SSSR count). The highest BCUT2D eigenvalue weighted by atomic mass is 16.5. The van der Waals surface area contributed by atoms with Gasteiger partial charge in [0.2, 0.25) is 5.88 Å². The largest absolute Gasteiger partial charge is 0.481 e. The number of hydrogen-bond acceptors (Lipinski definition) is 4. The third kappa shape index (κ3) is 3.51. The van der Waals surface area contributed by atoms with Gasteiger partial charge < -0.3 is 14.6 Å². The molecule has 0 bridgehead atoms. The summed E-state index contributed by atoms with van der Waals surface area (Å²) in [7, 11) is 1.63. The highest BCUT2D eigenvalue weighted by molar-refractivity contribution is 5.75.